The average Bonchev–Trinajstić information content (AvgIpc) is 2.49. The number of aromatic amines is 1. The van der Waals surface area contributed by atoms with Crippen LogP contribution < -0.4 is 0 Å². The summed E-state index contributed by atoms with van der Waals surface area (Å²) >= 11 is 0. The van der Waals surface area contributed by atoms with E-state index >= 15 is 0 Å². The fourth-order valence-corrected chi connectivity index (χ4v) is 1.39. The Morgan fingerprint density at radius 1 is 1.67 bits per heavy atom. The molecule has 0 saturated heterocycles. The van der Waals surface area contributed by atoms with Crippen molar-refractivity contribution in [3.05, 3.63) is 41.2 Å². The second-order valence-corrected chi connectivity index (χ2v) is 3.52. The molecule has 1 aromatic heterocycles. The molecule has 1 heterocycles. The Labute approximate surface area is 89.1 Å². The number of carboxylic acids is 1. The van der Waals surface area contributed by atoms with E-state index in [1.807, 2.05) is 19.9 Å². The van der Waals surface area contributed by atoms with E-state index in [2.05, 4.69) is 11.6 Å². The molecule has 0 aliphatic rings. The van der Waals surface area contributed by atoms with Crippen LogP contribution >= 0.6 is 0 Å². The van der Waals surface area contributed by atoms with Gasteiger partial charge in [0.2, 0.25) is 0 Å². The summed E-state index contributed by atoms with van der Waals surface area (Å²) in [6, 6.07) is 0. The van der Waals surface area contributed by atoms with Crippen molar-refractivity contribution >= 4 is 12.0 Å². The number of aryl methyl sites for hydroxylation is 1. The Bertz CT molecular complexity index is 413. The Kier molecular flexibility index (Phi) is 3.50. The van der Waals surface area contributed by atoms with Gasteiger partial charge in [0.1, 0.15) is 0 Å². The molecule has 15 heavy (non-hydrogen) atoms. The summed E-state index contributed by atoms with van der Waals surface area (Å²) in [5.41, 5.74) is 3.76. The van der Waals surface area contributed by atoms with Crippen molar-refractivity contribution in [3.8, 4) is 0 Å². The second-order valence-electron chi connectivity index (χ2n) is 3.52. The molecule has 0 aliphatic heterocycles. The summed E-state index contributed by atoms with van der Waals surface area (Å²) in [6.45, 7) is 7.53. The van der Waals surface area contributed by atoms with Gasteiger partial charge in [-0.15, -0.1) is 0 Å². The van der Waals surface area contributed by atoms with Crippen LogP contribution in [-0.4, -0.2) is 16.1 Å². The van der Waals surface area contributed by atoms with E-state index < -0.39 is 5.97 Å². The van der Waals surface area contributed by atoms with Crippen LogP contribution in [0.25, 0.3) is 6.08 Å². The maximum Gasteiger partial charge on any atom is 0.307 e. The number of aromatic nitrogens is 1. The predicted octanol–water partition coefficient (Wildman–Crippen LogP) is 2.54. The van der Waals surface area contributed by atoms with Gasteiger partial charge in [0, 0.05) is 11.9 Å². The third kappa shape index (κ3) is 2.84. The predicted molar refractivity (Wildman–Crippen MR) is 60.7 cm³/mol. The molecule has 0 unspecified atom stereocenters. The molecular weight excluding hydrogens is 190 g/mol. The number of allylic oxidation sites excluding steroid dienone is 2. The average molecular weight is 205 g/mol. The molecule has 1 aromatic rings. The van der Waals surface area contributed by atoms with E-state index in [0.29, 0.717) is 0 Å². The van der Waals surface area contributed by atoms with Crippen molar-refractivity contribution < 1.29 is 9.90 Å². The number of carbonyl (C=O) groups is 1. The first-order valence-corrected chi connectivity index (χ1v) is 4.74. The zero-order chi connectivity index (χ0) is 11.4. The van der Waals surface area contributed by atoms with Crippen molar-refractivity contribution in [2.75, 3.05) is 0 Å². The summed E-state index contributed by atoms with van der Waals surface area (Å²) in [4.78, 5) is 13.7. The Balaban J connectivity index is 3.09. The van der Waals surface area contributed by atoms with E-state index in [4.69, 9.17) is 5.11 Å². The number of hydrogen-bond donors (Lipinski definition) is 2. The number of carboxylic acid groups (broad SMARTS) is 1. The molecule has 1 rings (SSSR count). The fraction of sp³-hybridized carbons (Fsp3) is 0.250. The zero-order valence-corrected chi connectivity index (χ0v) is 9.00. The highest BCUT2D eigenvalue weighted by Gasteiger charge is 2.09. The standard InChI is InChI=1S/C12H15NO2/c1-4-8(2)5-11-9(3)13-7-10(11)6-12(14)15/h4-5,7,13H,1,6H2,2-3H3,(H,14,15)/b8-5-. The molecule has 0 aliphatic carbocycles. The number of nitrogens with one attached hydrogen (secondary N) is 1. The molecule has 0 amide bonds. The lowest BCUT2D eigenvalue weighted by Crippen LogP contribution is -2.00. The molecule has 80 valence electrons. The van der Waals surface area contributed by atoms with Crippen molar-refractivity contribution in [2.45, 2.75) is 20.3 Å². The molecule has 3 nitrogen and oxygen atoms in total. The summed E-state index contributed by atoms with van der Waals surface area (Å²) in [6.07, 6.45) is 5.47. The van der Waals surface area contributed by atoms with Crippen LogP contribution in [0, 0.1) is 6.92 Å². The van der Waals surface area contributed by atoms with Gasteiger partial charge in [-0.3, -0.25) is 4.79 Å². The van der Waals surface area contributed by atoms with E-state index in [0.717, 1.165) is 22.4 Å². The lowest BCUT2D eigenvalue weighted by Gasteiger charge is -1.99. The first kappa shape index (κ1) is 11.3. The minimum Gasteiger partial charge on any atom is -0.481 e. The monoisotopic (exact) mass is 205 g/mol. The minimum atomic E-state index is -0.820. The molecule has 0 fully saturated rings. The summed E-state index contributed by atoms with van der Waals surface area (Å²) in [5.74, 6) is -0.820. The van der Waals surface area contributed by atoms with Gasteiger partial charge in [0.25, 0.3) is 0 Å². The molecule has 0 bridgehead atoms. The third-order valence-corrected chi connectivity index (χ3v) is 2.25. The van der Waals surface area contributed by atoms with E-state index in [1.165, 1.54) is 0 Å². The highest BCUT2D eigenvalue weighted by Crippen LogP contribution is 2.18. The SMILES string of the molecule is C=C/C(C)=C\c1c(CC(=O)O)c[nH]c1C. The van der Waals surface area contributed by atoms with Gasteiger partial charge in [-0.1, -0.05) is 18.2 Å². The quantitative estimate of drug-likeness (QED) is 0.742. The molecular formula is C12H15NO2. The first-order valence-electron chi connectivity index (χ1n) is 4.74. The van der Waals surface area contributed by atoms with Gasteiger partial charge in [0.05, 0.1) is 6.42 Å². The summed E-state index contributed by atoms with van der Waals surface area (Å²) < 4.78 is 0. The van der Waals surface area contributed by atoms with E-state index in [1.54, 1.807) is 12.3 Å². The van der Waals surface area contributed by atoms with Crippen LogP contribution in [0.5, 0.6) is 0 Å². The Morgan fingerprint density at radius 3 is 2.87 bits per heavy atom. The molecule has 0 atom stereocenters. The molecule has 0 aromatic carbocycles. The summed E-state index contributed by atoms with van der Waals surface area (Å²) in [7, 11) is 0. The smallest absolute Gasteiger partial charge is 0.307 e. The highest BCUT2D eigenvalue weighted by atomic mass is 16.4. The van der Waals surface area contributed by atoms with Gasteiger partial charge in [-0.05, 0) is 31.1 Å². The van der Waals surface area contributed by atoms with Crippen molar-refractivity contribution in [1.82, 2.24) is 4.98 Å². The van der Waals surface area contributed by atoms with Gasteiger partial charge >= 0.3 is 5.97 Å². The zero-order valence-electron chi connectivity index (χ0n) is 9.00. The maximum atomic E-state index is 10.6. The molecule has 3 heteroatoms. The van der Waals surface area contributed by atoms with Crippen LogP contribution in [0.2, 0.25) is 0 Å². The first-order chi connectivity index (χ1) is 7.04. The van der Waals surface area contributed by atoms with Gasteiger partial charge in [-0.25, -0.2) is 0 Å². The fourth-order valence-electron chi connectivity index (χ4n) is 1.39. The van der Waals surface area contributed by atoms with E-state index in [-0.39, 0.29) is 6.42 Å². The van der Waals surface area contributed by atoms with Crippen LogP contribution in [0.4, 0.5) is 0 Å². The molecule has 2 N–H and O–H groups in total. The Morgan fingerprint density at radius 2 is 2.33 bits per heavy atom. The van der Waals surface area contributed by atoms with Crippen LogP contribution in [0.15, 0.2) is 24.4 Å². The van der Waals surface area contributed by atoms with Crippen LogP contribution in [-0.2, 0) is 11.2 Å². The van der Waals surface area contributed by atoms with E-state index in [9.17, 15) is 4.79 Å². The maximum absolute atomic E-state index is 10.6. The molecule has 0 spiro atoms. The van der Waals surface area contributed by atoms with Gasteiger partial charge in [-0.2, -0.15) is 0 Å². The summed E-state index contributed by atoms with van der Waals surface area (Å²) in [5, 5.41) is 8.74. The molecule has 0 saturated carbocycles. The van der Waals surface area contributed by atoms with Gasteiger partial charge in [0.15, 0.2) is 0 Å². The van der Waals surface area contributed by atoms with Crippen LogP contribution in [0.3, 0.4) is 0 Å². The number of aliphatic carboxylic acids is 1. The Hall–Kier alpha value is -1.77. The molecule has 0 radical (unpaired) electrons. The minimum absolute atomic E-state index is 0.0423. The van der Waals surface area contributed by atoms with Crippen molar-refractivity contribution in [2.24, 2.45) is 0 Å². The lowest BCUT2D eigenvalue weighted by atomic mass is 10.1. The number of H-pyrrole nitrogens is 1. The third-order valence-electron chi connectivity index (χ3n) is 2.25. The second kappa shape index (κ2) is 4.64. The van der Waals surface area contributed by atoms with Crippen molar-refractivity contribution in [3.63, 3.8) is 0 Å². The topological polar surface area (TPSA) is 53.1 Å². The number of hydrogen-bond acceptors (Lipinski definition) is 1. The largest absolute Gasteiger partial charge is 0.481 e. The van der Waals surface area contributed by atoms with Gasteiger partial charge < -0.3 is 10.1 Å². The van der Waals surface area contributed by atoms with Crippen LogP contribution in [0.1, 0.15) is 23.7 Å². The normalized spacial score (nSPS) is 11.5. The van der Waals surface area contributed by atoms with Crippen molar-refractivity contribution in [1.29, 1.82) is 0 Å². The number of rotatable bonds is 4. The highest BCUT2D eigenvalue weighted by molar-refractivity contribution is 5.73. The lowest BCUT2D eigenvalue weighted by molar-refractivity contribution is -0.136.